The first-order valence-electron chi connectivity index (χ1n) is 4.67. The second kappa shape index (κ2) is 3.81. The Kier molecular flexibility index (Phi) is 2.49. The fourth-order valence-electron chi connectivity index (χ4n) is 1.61. The van der Waals surface area contributed by atoms with Crippen LogP contribution in [0.5, 0.6) is 0 Å². The maximum atomic E-state index is 12.6. The number of esters is 2. The Morgan fingerprint density at radius 3 is 2.47 bits per heavy atom. The van der Waals surface area contributed by atoms with Gasteiger partial charge in [0.2, 0.25) is 0 Å². The molecule has 0 N–H and O–H groups in total. The molecule has 0 saturated carbocycles. The van der Waals surface area contributed by atoms with Crippen LogP contribution >= 0.6 is 0 Å². The van der Waals surface area contributed by atoms with Gasteiger partial charge in [0.1, 0.15) is 5.82 Å². The number of carbonyl (C=O) groups is 2. The van der Waals surface area contributed by atoms with Gasteiger partial charge in [-0.2, -0.15) is 0 Å². The second-order valence-corrected chi connectivity index (χ2v) is 3.44. The van der Waals surface area contributed by atoms with Gasteiger partial charge in [-0.3, -0.25) is 9.59 Å². The average molecular weight is 208 g/mol. The number of halogens is 1. The molecule has 0 bridgehead atoms. The monoisotopic (exact) mass is 208 g/mol. The van der Waals surface area contributed by atoms with Gasteiger partial charge < -0.3 is 4.74 Å². The molecular weight excluding hydrogens is 199 g/mol. The van der Waals surface area contributed by atoms with Crippen molar-refractivity contribution in [2.45, 2.75) is 18.8 Å². The third kappa shape index (κ3) is 2.03. The summed E-state index contributed by atoms with van der Waals surface area (Å²) in [6, 6.07) is 5.66. The van der Waals surface area contributed by atoms with Crippen LogP contribution in [0.25, 0.3) is 0 Å². The van der Waals surface area contributed by atoms with Gasteiger partial charge in [-0.15, -0.1) is 0 Å². The minimum atomic E-state index is -0.544. The minimum Gasteiger partial charge on any atom is -0.393 e. The Labute approximate surface area is 85.9 Å². The van der Waals surface area contributed by atoms with Gasteiger partial charge in [0.25, 0.3) is 0 Å². The van der Waals surface area contributed by atoms with Gasteiger partial charge in [-0.25, -0.2) is 4.39 Å². The molecule has 1 unspecified atom stereocenters. The number of hydrogen-bond acceptors (Lipinski definition) is 3. The highest BCUT2D eigenvalue weighted by Gasteiger charge is 2.30. The summed E-state index contributed by atoms with van der Waals surface area (Å²) in [4.78, 5) is 22.2. The van der Waals surface area contributed by atoms with E-state index in [-0.39, 0.29) is 12.2 Å². The highest BCUT2D eigenvalue weighted by molar-refractivity contribution is 5.92. The van der Waals surface area contributed by atoms with Crippen LogP contribution in [0.1, 0.15) is 24.3 Å². The van der Waals surface area contributed by atoms with E-state index in [0.717, 1.165) is 0 Å². The number of benzene rings is 1. The lowest BCUT2D eigenvalue weighted by Crippen LogP contribution is -2.26. The molecule has 0 radical (unpaired) electrons. The van der Waals surface area contributed by atoms with E-state index in [1.54, 1.807) is 0 Å². The van der Waals surface area contributed by atoms with Crippen molar-refractivity contribution in [3.63, 3.8) is 0 Å². The number of hydrogen-bond donors (Lipinski definition) is 0. The van der Waals surface area contributed by atoms with Crippen molar-refractivity contribution in [1.82, 2.24) is 0 Å². The molecule has 78 valence electrons. The smallest absolute Gasteiger partial charge is 0.321 e. The van der Waals surface area contributed by atoms with Crippen molar-refractivity contribution < 1.29 is 18.7 Å². The van der Waals surface area contributed by atoms with Crippen molar-refractivity contribution >= 4 is 11.9 Å². The van der Waals surface area contributed by atoms with Crippen LogP contribution in [0.4, 0.5) is 4.39 Å². The van der Waals surface area contributed by atoms with E-state index in [4.69, 9.17) is 0 Å². The Morgan fingerprint density at radius 2 is 1.87 bits per heavy atom. The number of rotatable bonds is 1. The second-order valence-electron chi connectivity index (χ2n) is 3.44. The quantitative estimate of drug-likeness (QED) is 0.521. The van der Waals surface area contributed by atoms with E-state index in [0.29, 0.717) is 12.0 Å². The summed E-state index contributed by atoms with van der Waals surface area (Å²) in [5.41, 5.74) is 0.689. The highest BCUT2D eigenvalue weighted by atomic mass is 19.1. The predicted molar refractivity (Wildman–Crippen MR) is 49.5 cm³/mol. The van der Waals surface area contributed by atoms with Gasteiger partial charge >= 0.3 is 11.9 Å². The van der Waals surface area contributed by atoms with E-state index in [2.05, 4.69) is 4.74 Å². The third-order valence-corrected chi connectivity index (χ3v) is 2.41. The predicted octanol–water partition coefficient (Wildman–Crippen LogP) is 1.77. The van der Waals surface area contributed by atoms with E-state index in [1.165, 1.54) is 24.3 Å². The summed E-state index contributed by atoms with van der Waals surface area (Å²) in [5, 5.41) is 0. The van der Waals surface area contributed by atoms with E-state index in [9.17, 15) is 14.0 Å². The summed E-state index contributed by atoms with van der Waals surface area (Å²) < 4.78 is 17.2. The molecule has 15 heavy (non-hydrogen) atoms. The molecule has 1 aromatic carbocycles. The van der Waals surface area contributed by atoms with Crippen molar-refractivity contribution in [3.05, 3.63) is 35.6 Å². The molecule has 0 aromatic heterocycles. The van der Waals surface area contributed by atoms with E-state index >= 15 is 0 Å². The van der Waals surface area contributed by atoms with Crippen LogP contribution in [0, 0.1) is 5.82 Å². The molecule has 1 aliphatic rings. The molecule has 1 aromatic rings. The SMILES string of the molecule is O=C1CCC(c2ccc(F)cc2)C(=O)O1. The van der Waals surface area contributed by atoms with Crippen molar-refractivity contribution in [1.29, 1.82) is 0 Å². The zero-order valence-corrected chi connectivity index (χ0v) is 7.90. The zero-order valence-electron chi connectivity index (χ0n) is 7.90. The van der Waals surface area contributed by atoms with Gasteiger partial charge in [0.15, 0.2) is 0 Å². The van der Waals surface area contributed by atoms with Gasteiger partial charge in [0.05, 0.1) is 5.92 Å². The molecule has 0 spiro atoms. The van der Waals surface area contributed by atoms with Crippen molar-refractivity contribution in [2.24, 2.45) is 0 Å². The maximum absolute atomic E-state index is 12.6. The molecule has 1 atom stereocenters. The first-order valence-corrected chi connectivity index (χ1v) is 4.67. The Morgan fingerprint density at radius 1 is 1.20 bits per heavy atom. The average Bonchev–Trinajstić information content (AvgIpc) is 2.20. The number of ether oxygens (including phenoxy) is 1. The Hall–Kier alpha value is -1.71. The highest BCUT2D eigenvalue weighted by Crippen LogP contribution is 2.27. The minimum absolute atomic E-state index is 0.230. The number of cyclic esters (lactones) is 2. The fourth-order valence-corrected chi connectivity index (χ4v) is 1.61. The molecular formula is C11H9FO3. The summed E-state index contributed by atoms with van der Waals surface area (Å²) in [5.74, 6) is -1.82. The first kappa shape index (κ1) is 9.83. The lowest BCUT2D eigenvalue weighted by Gasteiger charge is -2.19. The zero-order chi connectivity index (χ0) is 10.8. The van der Waals surface area contributed by atoms with Crippen LogP contribution in [-0.2, 0) is 14.3 Å². The summed E-state index contributed by atoms with van der Waals surface area (Å²) >= 11 is 0. The molecule has 4 heteroatoms. The molecule has 0 amide bonds. The van der Waals surface area contributed by atoms with Gasteiger partial charge in [0, 0.05) is 6.42 Å². The summed E-state index contributed by atoms with van der Waals surface area (Å²) in [6.45, 7) is 0. The lowest BCUT2D eigenvalue weighted by atomic mass is 9.93. The van der Waals surface area contributed by atoms with Crippen molar-refractivity contribution in [3.8, 4) is 0 Å². The maximum Gasteiger partial charge on any atom is 0.321 e. The Balaban J connectivity index is 2.20. The molecule has 1 aliphatic heterocycles. The lowest BCUT2D eigenvalue weighted by molar-refractivity contribution is -0.164. The third-order valence-electron chi connectivity index (χ3n) is 2.41. The first-order chi connectivity index (χ1) is 7.16. The standard InChI is InChI=1S/C11H9FO3/c12-8-3-1-7(2-4-8)9-5-6-10(13)15-11(9)14/h1-4,9H,5-6H2. The van der Waals surface area contributed by atoms with Crippen LogP contribution in [0.15, 0.2) is 24.3 Å². The fraction of sp³-hybridized carbons (Fsp3) is 0.273. The summed E-state index contributed by atoms with van der Waals surface area (Å²) in [7, 11) is 0. The molecule has 1 fully saturated rings. The largest absolute Gasteiger partial charge is 0.393 e. The molecule has 1 saturated heterocycles. The molecule has 3 nitrogen and oxygen atoms in total. The molecule has 0 aliphatic carbocycles. The van der Waals surface area contributed by atoms with Crippen LogP contribution in [0.2, 0.25) is 0 Å². The van der Waals surface area contributed by atoms with E-state index < -0.39 is 17.9 Å². The van der Waals surface area contributed by atoms with Gasteiger partial charge in [-0.05, 0) is 24.1 Å². The molecule has 2 rings (SSSR count). The van der Waals surface area contributed by atoms with Crippen molar-refractivity contribution in [2.75, 3.05) is 0 Å². The topological polar surface area (TPSA) is 43.4 Å². The Bertz CT molecular complexity index is 397. The normalized spacial score (nSPS) is 21.3. The van der Waals surface area contributed by atoms with Crippen LogP contribution in [-0.4, -0.2) is 11.9 Å². The van der Waals surface area contributed by atoms with Crippen LogP contribution < -0.4 is 0 Å². The summed E-state index contributed by atoms with van der Waals surface area (Å²) in [6.07, 6.45) is 0.664. The van der Waals surface area contributed by atoms with Gasteiger partial charge in [-0.1, -0.05) is 12.1 Å². The molecule has 1 heterocycles. The number of carbonyl (C=O) groups excluding carboxylic acids is 2. The van der Waals surface area contributed by atoms with E-state index in [1.807, 2.05) is 0 Å². The van der Waals surface area contributed by atoms with Crippen LogP contribution in [0.3, 0.4) is 0 Å².